The van der Waals surface area contributed by atoms with Gasteiger partial charge in [-0.05, 0) is 25.1 Å². The van der Waals surface area contributed by atoms with Crippen molar-refractivity contribution in [1.29, 1.82) is 0 Å². The number of nitrogens with two attached hydrogens (primary N) is 1. The van der Waals surface area contributed by atoms with E-state index in [2.05, 4.69) is 5.32 Å². The number of hydrogen-bond acceptors (Lipinski definition) is 5. The Bertz CT molecular complexity index is 476. The van der Waals surface area contributed by atoms with Crippen molar-refractivity contribution in [3.05, 3.63) is 33.9 Å². The van der Waals surface area contributed by atoms with Crippen LogP contribution in [0.5, 0.6) is 5.75 Å². The van der Waals surface area contributed by atoms with Crippen LogP contribution in [0.3, 0.4) is 0 Å². The number of primary amides is 1. The first kappa shape index (κ1) is 14.9. The van der Waals surface area contributed by atoms with E-state index < -0.39 is 16.9 Å². The van der Waals surface area contributed by atoms with Crippen LogP contribution >= 0.6 is 0 Å². The lowest BCUT2D eigenvalue weighted by atomic mass is 10.2. The van der Waals surface area contributed by atoms with Gasteiger partial charge in [0.05, 0.1) is 4.92 Å². The fraction of sp³-hybridized carbons (Fsp3) is 0.417. The van der Waals surface area contributed by atoms with Gasteiger partial charge in [0.15, 0.2) is 11.9 Å². The molecule has 1 aromatic carbocycles. The second-order valence-corrected chi connectivity index (χ2v) is 4.00. The summed E-state index contributed by atoms with van der Waals surface area (Å²) in [5.41, 5.74) is 5.66. The summed E-state index contributed by atoms with van der Waals surface area (Å²) in [6.45, 7) is 4.69. The van der Waals surface area contributed by atoms with Gasteiger partial charge in [0.1, 0.15) is 0 Å². The highest BCUT2D eigenvalue weighted by Gasteiger charge is 2.20. The summed E-state index contributed by atoms with van der Waals surface area (Å²) in [6, 6.07) is 4.61. The standard InChI is InChI=1S/C12H17N3O4/c1-3-14-7-9-4-5-11(10(6-9)15(17)18)19-8(2)12(13)16/h4-6,8,14H,3,7H2,1-2H3,(H2,13,16). The van der Waals surface area contributed by atoms with Crippen molar-refractivity contribution >= 4 is 11.6 Å². The van der Waals surface area contributed by atoms with E-state index in [9.17, 15) is 14.9 Å². The van der Waals surface area contributed by atoms with Gasteiger partial charge >= 0.3 is 5.69 Å². The lowest BCUT2D eigenvalue weighted by Crippen LogP contribution is -2.30. The molecule has 0 spiro atoms. The maximum Gasteiger partial charge on any atom is 0.311 e. The Morgan fingerprint density at radius 1 is 1.58 bits per heavy atom. The molecule has 1 amide bonds. The molecule has 1 atom stereocenters. The summed E-state index contributed by atoms with van der Waals surface area (Å²) in [6.07, 6.45) is -0.918. The third-order valence-corrected chi connectivity index (χ3v) is 2.50. The Labute approximate surface area is 110 Å². The molecule has 0 fully saturated rings. The molecular formula is C12H17N3O4. The van der Waals surface area contributed by atoms with Crippen LogP contribution in [0.2, 0.25) is 0 Å². The fourth-order valence-corrected chi connectivity index (χ4v) is 1.43. The van der Waals surface area contributed by atoms with Gasteiger partial charge in [0.25, 0.3) is 5.91 Å². The number of carbonyl (C=O) groups excluding carboxylic acids is 1. The third kappa shape index (κ3) is 4.22. The number of hydrogen-bond donors (Lipinski definition) is 2. The number of nitrogens with zero attached hydrogens (tertiary/aromatic N) is 1. The first-order valence-corrected chi connectivity index (χ1v) is 5.89. The van der Waals surface area contributed by atoms with Crippen molar-refractivity contribution in [2.45, 2.75) is 26.5 Å². The molecule has 0 aromatic heterocycles. The largest absolute Gasteiger partial charge is 0.474 e. The fourth-order valence-electron chi connectivity index (χ4n) is 1.43. The van der Waals surface area contributed by atoms with Crippen LogP contribution in [0.1, 0.15) is 19.4 Å². The molecule has 104 valence electrons. The summed E-state index contributed by atoms with van der Waals surface area (Å²) in [5.74, 6) is -0.637. The van der Waals surface area contributed by atoms with Crippen LogP contribution in [0.15, 0.2) is 18.2 Å². The number of nitro benzene ring substituents is 1. The molecule has 0 saturated heterocycles. The van der Waals surface area contributed by atoms with Crippen LogP contribution in [-0.2, 0) is 11.3 Å². The molecule has 0 aliphatic carbocycles. The van der Waals surface area contributed by atoms with Gasteiger partial charge in [-0.2, -0.15) is 0 Å². The van der Waals surface area contributed by atoms with Gasteiger partial charge < -0.3 is 15.8 Å². The highest BCUT2D eigenvalue weighted by atomic mass is 16.6. The van der Waals surface area contributed by atoms with Crippen molar-refractivity contribution in [3.8, 4) is 5.75 Å². The molecule has 0 aliphatic heterocycles. The molecule has 0 bridgehead atoms. The highest BCUT2D eigenvalue weighted by molar-refractivity contribution is 5.78. The zero-order chi connectivity index (χ0) is 14.4. The average Bonchev–Trinajstić information content (AvgIpc) is 2.37. The number of benzene rings is 1. The Kier molecular flexibility index (Phi) is 5.25. The predicted molar refractivity (Wildman–Crippen MR) is 69.8 cm³/mol. The maximum atomic E-state index is 11.0. The number of nitro groups is 1. The molecule has 7 nitrogen and oxygen atoms in total. The Hall–Kier alpha value is -2.15. The van der Waals surface area contributed by atoms with E-state index in [0.717, 1.165) is 12.1 Å². The molecule has 3 N–H and O–H groups in total. The van der Waals surface area contributed by atoms with Crippen LogP contribution in [0.25, 0.3) is 0 Å². The number of rotatable bonds is 7. The summed E-state index contributed by atoms with van der Waals surface area (Å²) >= 11 is 0. The van der Waals surface area contributed by atoms with E-state index in [-0.39, 0.29) is 11.4 Å². The maximum absolute atomic E-state index is 11.0. The van der Waals surface area contributed by atoms with Gasteiger partial charge in [-0.25, -0.2) is 0 Å². The van der Waals surface area contributed by atoms with E-state index >= 15 is 0 Å². The van der Waals surface area contributed by atoms with E-state index in [1.165, 1.54) is 19.1 Å². The van der Waals surface area contributed by atoms with Crippen LogP contribution in [0.4, 0.5) is 5.69 Å². The quantitative estimate of drug-likeness (QED) is 0.565. The first-order chi connectivity index (χ1) is 8.95. The number of nitrogens with one attached hydrogen (secondary N) is 1. The Morgan fingerprint density at radius 2 is 2.26 bits per heavy atom. The van der Waals surface area contributed by atoms with Gasteiger partial charge in [-0.1, -0.05) is 13.0 Å². The molecule has 0 saturated carbocycles. The van der Waals surface area contributed by atoms with Crippen molar-refractivity contribution in [2.24, 2.45) is 5.73 Å². The van der Waals surface area contributed by atoms with Crippen molar-refractivity contribution in [2.75, 3.05) is 6.54 Å². The van der Waals surface area contributed by atoms with E-state index in [1.807, 2.05) is 6.92 Å². The molecule has 19 heavy (non-hydrogen) atoms. The minimum Gasteiger partial charge on any atom is -0.474 e. The SMILES string of the molecule is CCNCc1ccc(OC(C)C(N)=O)c([N+](=O)[O-])c1. The molecule has 0 heterocycles. The first-order valence-electron chi connectivity index (χ1n) is 5.89. The zero-order valence-electron chi connectivity index (χ0n) is 10.9. The highest BCUT2D eigenvalue weighted by Crippen LogP contribution is 2.28. The molecule has 1 aromatic rings. The smallest absolute Gasteiger partial charge is 0.311 e. The summed E-state index contributed by atoms with van der Waals surface area (Å²) < 4.78 is 5.19. The van der Waals surface area contributed by atoms with E-state index in [0.29, 0.717) is 6.54 Å². The molecule has 1 rings (SSSR count). The Balaban J connectivity index is 2.98. The molecule has 1 unspecified atom stereocenters. The topological polar surface area (TPSA) is 107 Å². The molecule has 0 radical (unpaired) electrons. The normalized spacial score (nSPS) is 11.9. The summed E-state index contributed by atoms with van der Waals surface area (Å²) in [5, 5.41) is 14.1. The third-order valence-electron chi connectivity index (χ3n) is 2.50. The van der Waals surface area contributed by atoms with Crippen LogP contribution in [0, 0.1) is 10.1 Å². The van der Waals surface area contributed by atoms with Crippen LogP contribution < -0.4 is 15.8 Å². The molecule has 0 aliphatic rings. The second kappa shape index (κ2) is 6.69. The summed E-state index contributed by atoms with van der Waals surface area (Å²) in [4.78, 5) is 21.4. The van der Waals surface area contributed by atoms with Crippen molar-refractivity contribution in [3.63, 3.8) is 0 Å². The van der Waals surface area contributed by atoms with Gasteiger partial charge in [0, 0.05) is 12.6 Å². The second-order valence-electron chi connectivity index (χ2n) is 4.00. The molecule has 7 heteroatoms. The predicted octanol–water partition coefficient (Wildman–Crippen LogP) is 0.957. The van der Waals surface area contributed by atoms with Crippen molar-refractivity contribution in [1.82, 2.24) is 5.32 Å². The number of carbonyl (C=O) groups is 1. The zero-order valence-corrected chi connectivity index (χ0v) is 10.9. The lowest BCUT2D eigenvalue weighted by Gasteiger charge is -2.12. The van der Waals surface area contributed by atoms with Gasteiger partial charge in [0.2, 0.25) is 0 Å². The van der Waals surface area contributed by atoms with Gasteiger partial charge in [-0.3, -0.25) is 14.9 Å². The minimum absolute atomic E-state index is 0.0385. The van der Waals surface area contributed by atoms with Crippen molar-refractivity contribution < 1.29 is 14.5 Å². The number of ether oxygens (including phenoxy) is 1. The average molecular weight is 267 g/mol. The number of amides is 1. The van der Waals surface area contributed by atoms with Gasteiger partial charge in [-0.15, -0.1) is 0 Å². The summed E-state index contributed by atoms with van der Waals surface area (Å²) in [7, 11) is 0. The Morgan fingerprint density at radius 3 is 2.79 bits per heavy atom. The van der Waals surface area contributed by atoms with Crippen LogP contribution in [-0.4, -0.2) is 23.5 Å². The lowest BCUT2D eigenvalue weighted by molar-refractivity contribution is -0.386. The monoisotopic (exact) mass is 267 g/mol. The van der Waals surface area contributed by atoms with E-state index in [4.69, 9.17) is 10.5 Å². The minimum atomic E-state index is -0.918. The van der Waals surface area contributed by atoms with E-state index in [1.54, 1.807) is 6.07 Å². The molecular weight excluding hydrogens is 250 g/mol.